The van der Waals surface area contributed by atoms with Gasteiger partial charge in [-0.2, -0.15) is 0 Å². The van der Waals surface area contributed by atoms with E-state index in [9.17, 15) is 0 Å². The standard InChI is InChI=1S/C12H24Si/c1-4-13(5-2,6-3)12-10-8-7-9-11-12/h8,10,12H,4-7,9,11H2,1-3H3. The van der Waals surface area contributed by atoms with E-state index >= 15 is 0 Å². The highest BCUT2D eigenvalue weighted by atomic mass is 28.3. The van der Waals surface area contributed by atoms with Crippen LogP contribution in [-0.2, 0) is 0 Å². The number of allylic oxidation sites excluding steroid dienone is 2. The fraction of sp³-hybridized carbons (Fsp3) is 0.833. The molecule has 0 N–H and O–H groups in total. The van der Waals surface area contributed by atoms with Gasteiger partial charge in [-0.25, -0.2) is 0 Å². The van der Waals surface area contributed by atoms with Crippen molar-refractivity contribution in [1.82, 2.24) is 0 Å². The Bertz CT molecular complexity index is 160. The summed E-state index contributed by atoms with van der Waals surface area (Å²) in [5, 5.41) is 0. The van der Waals surface area contributed by atoms with Crippen LogP contribution in [0.15, 0.2) is 12.2 Å². The van der Waals surface area contributed by atoms with Crippen molar-refractivity contribution in [2.45, 2.75) is 63.7 Å². The van der Waals surface area contributed by atoms with Gasteiger partial charge < -0.3 is 0 Å². The van der Waals surface area contributed by atoms with E-state index in [-0.39, 0.29) is 0 Å². The molecule has 0 heterocycles. The molecule has 0 aromatic carbocycles. The van der Waals surface area contributed by atoms with Gasteiger partial charge in [-0.3, -0.25) is 0 Å². The lowest BCUT2D eigenvalue weighted by Crippen LogP contribution is -2.37. The Morgan fingerprint density at radius 1 is 1.15 bits per heavy atom. The molecule has 0 amide bonds. The van der Waals surface area contributed by atoms with Crippen LogP contribution in [0.5, 0.6) is 0 Å². The van der Waals surface area contributed by atoms with E-state index in [0.717, 1.165) is 5.54 Å². The first-order valence-electron chi connectivity index (χ1n) is 5.95. The van der Waals surface area contributed by atoms with Gasteiger partial charge in [0.1, 0.15) is 0 Å². The van der Waals surface area contributed by atoms with Crippen LogP contribution in [0.4, 0.5) is 0 Å². The first kappa shape index (κ1) is 11.0. The van der Waals surface area contributed by atoms with Crippen LogP contribution in [0, 0.1) is 0 Å². The molecule has 0 nitrogen and oxygen atoms in total. The van der Waals surface area contributed by atoms with Gasteiger partial charge in [0.25, 0.3) is 0 Å². The molecule has 0 radical (unpaired) electrons. The van der Waals surface area contributed by atoms with Crippen molar-refractivity contribution < 1.29 is 0 Å². The topological polar surface area (TPSA) is 0 Å². The summed E-state index contributed by atoms with van der Waals surface area (Å²) in [5.41, 5.74) is 1.00. The molecular weight excluding hydrogens is 172 g/mol. The fourth-order valence-electron chi connectivity index (χ4n) is 2.86. The second-order valence-corrected chi connectivity index (χ2v) is 9.98. The van der Waals surface area contributed by atoms with Crippen molar-refractivity contribution in [1.29, 1.82) is 0 Å². The van der Waals surface area contributed by atoms with Crippen molar-refractivity contribution in [3.63, 3.8) is 0 Å². The Labute approximate surface area is 84.4 Å². The highest BCUT2D eigenvalue weighted by molar-refractivity contribution is 6.81. The number of hydrogen-bond acceptors (Lipinski definition) is 0. The minimum absolute atomic E-state index is 0.903. The Morgan fingerprint density at radius 3 is 2.15 bits per heavy atom. The average molecular weight is 196 g/mol. The summed E-state index contributed by atoms with van der Waals surface area (Å²) in [5.74, 6) is 0. The Hall–Kier alpha value is -0.0431. The zero-order valence-corrected chi connectivity index (χ0v) is 10.5. The van der Waals surface area contributed by atoms with Crippen molar-refractivity contribution in [3.8, 4) is 0 Å². The van der Waals surface area contributed by atoms with Crippen LogP contribution in [0.2, 0.25) is 23.7 Å². The van der Waals surface area contributed by atoms with E-state index in [1.54, 1.807) is 0 Å². The van der Waals surface area contributed by atoms with Crippen molar-refractivity contribution in [3.05, 3.63) is 12.2 Å². The van der Waals surface area contributed by atoms with E-state index in [1.807, 2.05) is 0 Å². The maximum atomic E-state index is 2.55. The van der Waals surface area contributed by atoms with Crippen molar-refractivity contribution in [2.75, 3.05) is 0 Å². The molecule has 0 aliphatic heterocycles. The van der Waals surface area contributed by atoms with Gasteiger partial charge in [-0.05, 0) is 24.8 Å². The van der Waals surface area contributed by atoms with Gasteiger partial charge in [-0.1, -0.05) is 51.1 Å². The molecule has 1 aliphatic rings. The molecule has 1 rings (SSSR count). The molecule has 76 valence electrons. The Kier molecular flexibility index (Phi) is 4.24. The molecule has 1 heteroatoms. The molecule has 0 aromatic rings. The Morgan fingerprint density at radius 2 is 1.77 bits per heavy atom. The van der Waals surface area contributed by atoms with E-state index < -0.39 is 8.07 Å². The molecule has 0 aromatic heterocycles. The van der Waals surface area contributed by atoms with Gasteiger partial charge >= 0.3 is 0 Å². The van der Waals surface area contributed by atoms with Crippen LogP contribution in [0.25, 0.3) is 0 Å². The zero-order chi connectivity index (χ0) is 9.73. The lowest BCUT2D eigenvalue weighted by molar-refractivity contribution is 0.702. The van der Waals surface area contributed by atoms with E-state index in [4.69, 9.17) is 0 Å². The lowest BCUT2D eigenvalue weighted by Gasteiger charge is -2.37. The summed E-state index contributed by atoms with van der Waals surface area (Å²) in [6.07, 6.45) is 9.23. The van der Waals surface area contributed by atoms with E-state index in [1.165, 1.54) is 37.4 Å². The first-order chi connectivity index (χ1) is 6.29. The van der Waals surface area contributed by atoms with Gasteiger partial charge in [-0.15, -0.1) is 0 Å². The monoisotopic (exact) mass is 196 g/mol. The van der Waals surface area contributed by atoms with Gasteiger partial charge in [0.15, 0.2) is 0 Å². The predicted octanol–water partition coefficient (Wildman–Crippen LogP) is 4.61. The van der Waals surface area contributed by atoms with Crippen LogP contribution in [0.3, 0.4) is 0 Å². The SMILES string of the molecule is CC[Si](CC)(CC)C1C=CCCC1. The van der Waals surface area contributed by atoms with E-state index in [0.29, 0.717) is 0 Å². The molecule has 1 atom stereocenters. The molecule has 1 aliphatic carbocycles. The minimum atomic E-state index is -0.903. The minimum Gasteiger partial charge on any atom is -0.0885 e. The normalized spacial score (nSPS) is 23.5. The zero-order valence-electron chi connectivity index (χ0n) is 9.47. The maximum absolute atomic E-state index is 2.55. The second-order valence-electron chi connectivity index (χ2n) is 4.39. The van der Waals surface area contributed by atoms with Crippen molar-refractivity contribution in [2.24, 2.45) is 0 Å². The van der Waals surface area contributed by atoms with Crippen LogP contribution in [0.1, 0.15) is 40.0 Å². The summed E-state index contributed by atoms with van der Waals surface area (Å²) in [7, 11) is -0.903. The van der Waals surface area contributed by atoms with Crippen LogP contribution >= 0.6 is 0 Å². The largest absolute Gasteiger partial charge is 0.0885 e. The predicted molar refractivity (Wildman–Crippen MR) is 63.9 cm³/mol. The summed E-state index contributed by atoms with van der Waals surface area (Å²) < 4.78 is 0. The third-order valence-electron chi connectivity index (χ3n) is 4.15. The first-order valence-corrected chi connectivity index (χ1v) is 8.65. The maximum Gasteiger partial charge on any atom is 0.0596 e. The summed E-state index contributed by atoms with van der Waals surface area (Å²) in [6.45, 7) is 7.25. The lowest BCUT2D eigenvalue weighted by atomic mass is 10.1. The average Bonchev–Trinajstić information content (AvgIpc) is 2.23. The van der Waals surface area contributed by atoms with Crippen LogP contribution in [-0.4, -0.2) is 8.07 Å². The molecule has 0 spiro atoms. The smallest absolute Gasteiger partial charge is 0.0596 e. The van der Waals surface area contributed by atoms with Gasteiger partial charge in [0.05, 0.1) is 8.07 Å². The fourth-order valence-corrected chi connectivity index (χ4v) is 7.29. The molecule has 0 bridgehead atoms. The second kappa shape index (κ2) is 4.99. The highest BCUT2D eigenvalue weighted by Crippen LogP contribution is 2.39. The number of rotatable bonds is 4. The molecule has 0 saturated carbocycles. The molecule has 1 unspecified atom stereocenters. The summed E-state index contributed by atoms with van der Waals surface area (Å²) in [6, 6.07) is 4.44. The van der Waals surface area contributed by atoms with Gasteiger partial charge in [0, 0.05) is 0 Å². The summed E-state index contributed by atoms with van der Waals surface area (Å²) in [4.78, 5) is 0. The van der Waals surface area contributed by atoms with Crippen LogP contribution < -0.4 is 0 Å². The third kappa shape index (κ3) is 2.25. The molecule has 13 heavy (non-hydrogen) atoms. The highest BCUT2D eigenvalue weighted by Gasteiger charge is 2.34. The third-order valence-corrected chi connectivity index (χ3v) is 10.4. The number of hydrogen-bond donors (Lipinski definition) is 0. The Balaban J connectivity index is 2.72. The van der Waals surface area contributed by atoms with E-state index in [2.05, 4.69) is 32.9 Å². The summed E-state index contributed by atoms with van der Waals surface area (Å²) >= 11 is 0. The molecular formula is C12H24Si. The quantitative estimate of drug-likeness (QED) is 0.455. The molecule has 0 fully saturated rings. The van der Waals surface area contributed by atoms with Crippen molar-refractivity contribution >= 4 is 8.07 Å². The molecule has 0 saturated heterocycles. The van der Waals surface area contributed by atoms with Gasteiger partial charge in [0.2, 0.25) is 0 Å².